The fraction of sp³-hybridized carbons (Fsp3) is 0.154. The van der Waals surface area contributed by atoms with Crippen molar-refractivity contribution in [3.05, 3.63) is 96.2 Å². The molecule has 0 radical (unpaired) electrons. The van der Waals surface area contributed by atoms with E-state index in [2.05, 4.69) is 23.6 Å². The maximum absolute atomic E-state index is 12.9. The van der Waals surface area contributed by atoms with Gasteiger partial charge >= 0.3 is 6.18 Å². The third-order valence-corrected chi connectivity index (χ3v) is 5.06. The Morgan fingerprint density at radius 2 is 1.88 bits per heavy atom. The Bertz CT molecular complexity index is 1220. The number of alkyl halides is 3. The lowest BCUT2D eigenvalue weighted by atomic mass is 10.0. The Morgan fingerprint density at radius 3 is 2.50 bits per heavy atom. The minimum atomic E-state index is -4.42. The molecule has 0 fully saturated rings. The van der Waals surface area contributed by atoms with Crippen LogP contribution in [0.2, 0.25) is 0 Å². The number of nitrogens with one attached hydrogen (secondary N) is 1. The molecule has 0 saturated carbocycles. The average Bonchev–Trinajstić information content (AvgIpc) is 2.82. The number of aliphatic hydroxyl groups is 1. The highest BCUT2D eigenvalue weighted by molar-refractivity contribution is 6.00. The standard InChI is InChI=1S/C26H23F3N2O3/c1-3-5-22(30-2)23(14-15-32)31-25(33)18-8-13-21-17(16-18)6-4-7-24(21)34-20-11-9-19(10-12-20)26(27,28)29/h3-13,16,23,32H,1-2,14-15H2,(H,31,33)/b22-5-. The summed E-state index contributed by atoms with van der Waals surface area (Å²) in [4.78, 5) is 16.8. The fourth-order valence-corrected chi connectivity index (χ4v) is 3.39. The maximum Gasteiger partial charge on any atom is 0.416 e. The highest BCUT2D eigenvalue weighted by atomic mass is 19.4. The number of benzene rings is 3. The van der Waals surface area contributed by atoms with Crippen molar-refractivity contribution < 1.29 is 27.8 Å². The first kappa shape index (κ1) is 24.7. The molecule has 0 aliphatic rings. The molecular weight excluding hydrogens is 445 g/mol. The summed E-state index contributed by atoms with van der Waals surface area (Å²) in [6.07, 6.45) is -1.04. The van der Waals surface area contributed by atoms with Crippen molar-refractivity contribution in [1.82, 2.24) is 5.32 Å². The summed E-state index contributed by atoms with van der Waals surface area (Å²) in [5.74, 6) is 0.329. The topological polar surface area (TPSA) is 70.9 Å². The Labute approximate surface area is 194 Å². The lowest BCUT2D eigenvalue weighted by molar-refractivity contribution is -0.137. The van der Waals surface area contributed by atoms with Crippen molar-refractivity contribution in [3.63, 3.8) is 0 Å². The molecule has 34 heavy (non-hydrogen) atoms. The van der Waals surface area contributed by atoms with E-state index in [0.29, 0.717) is 27.8 Å². The largest absolute Gasteiger partial charge is 0.457 e. The van der Waals surface area contributed by atoms with Gasteiger partial charge in [0.25, 0.3) is 5.91 Å². The predicted molar refractivity (Wildman–Crippen MR) is 126 cm³/mol. The highest BCUT2D eigenvalue weighted by Gasteiger charge is 2.30. The van der Waals surface area contributed by atoms with Crippen molar-refractivity contribution in [2.24, 2.45) is 4.99 Å². The summed E-state index contributed by atoms with van der Waals surface area (Å²) >= 11 is 0. The van der Waals surface area contributed by atoms with Gasteiger partial charge in [0.05, 0.1) is 17.3 Å². The Morgan fingerprint density at radius 1 is 1.15 bits per heavy atom. The molecule has 0 aliphatic carbocycles. The molecule has 3 rings (SSSR count). The summed E-state index contributed by atoms with van der Waals surface area (Å²) in [5.41, 5.74) is 0.0974. The van der Waals surface area contributed by atoms with Crippen LogP contribution < -0.4 is 10.1 Å². The zero-order valence-electron chi connectivity index (χ0n) is 18.2. The predicted octanol–water partition coefficient (Wildman–Crippen LogP) is 5.90. The second-order valence-electron chi connectivity index (χ2n) is 7.34. The zero-order chi connectivity index (χ0) is 24.7. The zero-order valence-corrected chi connectivity index (χ0v) is 18.2. The van der Waals surface area contributed by atoms with Crippen molar-refractivity contribution in [2.75, 3.05) is 6.61 Å². The number of rotatable bonds is 9. The summed E-state index contributed by atoms with van der Waals surface area (Å²) < 4.78 is 44.1. The number of hydrogen-bond acceptors (Lipinski definition) is 4. The molecule has 0 spiro atoms. The van der Waals surface area contributed by atoms with Gasteiger partial charge in [-0.05, 0) is 73.1 Å². The van der Waals surface area contributed by atoms with E-state index in [0.717, 1.165) is 12.1 Å². The molecule has 0 bridgehead atoms. The third-order valence-electron chi connectivity index (χ3n) is 5.06. The Balaban J connectivity index is 1.84. The molecule has 176 valence electrons. The quantitative estimate of drug-likeness (QED) is 0.303. The van der Waals surface area contributed by atoms with E-state index in [1.54, 1.807) is 42.5 Å². The molecule has 1 atom stereocenters. The minimum Gasteiger partial charge on any atom is -0.457 e. The van der Waals surface area contributed by atoms with Crippen molar-refractivity contribution in [2.45, 2.75) is 18.6 Å². The van der Waals surface area contributed by atoms with Crippen LogP contribution in [0.4, 0.5) is 13.2 Å². The lowest BCUT2D eigenvalue weighted by Crippen LogP contribution is -2.36. The summed E-state index contributed by atoms with van der Waals surface area (Å²) in [6, 6.07) is 14.1. The van der Waals surface area contributed by atoms with Crippen LogP contribution in [0.15, 0.2) is 90.1 Å². The molecule has 2 N–H and O–H groups in total. The highest BCUT2D eigenvalue weighted by Crippen LogP contribution is 2.33. The van der Waals surface area contributed by atoms with E-state index in [1.807, 2.05) is 0 Å². The summed E-state index contributed by atoms with van der Waals surface area (Å²) in [7, 11) is 0. The van der Waals surface area contributed by atoms with Gasteiger partial charge in [0.2, 0.25) is 0 Å². The van der Waals surface area contributed by atoms with E-state index in [4.69, 9.17) is 4.74 Å². The Hall–Kier alpha value is -3.91. The first-order chi connectivity index (χ1) is 16.3. The molecule has 1 unspecified atom stereocenters. The summed E-state index contributed by atoms with van der Waals surface area (Å²) in [6.45, 7) is 6.95. The van der Waals surface area contributed by atoms with Crippen LogP contribution in [0.1, 0.15) is 22.3 Å². The van der Waals surface area contributed by atoms with E-state index >= 15 is 0 Å². The van der Waals surface area contributed by atoms with Crippen LogP contribution in [0, 0.1) is 0 Å². The van der Waals surface area contributed by atoms with Crippen molar-refractivity contribution in [1.29, 1.82) is 0 Å². The normalized spacial score (nSPS) is 12.8. The van der Waals surface area contributed by atoms with Crippen molar-refractivity contribution >= 4 is 23.4 Å². The molecule has 0 heterocycles. The number of aliphatic hydroxyl groups excluding tert-OH is 1. The van der Waals surface area contributed by atoms with Gasteiger partial charge in [0, 0.05) is 17.6 Å². The van der Waals surface area contributed by atoms with Gasteiger partial charge in [0.1, 0.15) is 11.5 Å². The number of fused-ring (bicyclic) bond motifs is 1. The van der Waals surface area contributed by atoms with E-state index < -0.39 is 17.8 Å². The minimum absolute atomic E-state index is 0.155. The second kappa shape index (κ2) is 10.8. The summed E-state index contributed by atoms with van der Waals surface area (Å²) in [5, 5.41) is 13.6. The van der Waals surface area contributed by atoms with E-state index in [9.17, 15) is 23.1 Å². The fourth-order valence-electron chi connectivity index (χ4n) is 3.39. The first-order valence-electron chi connectivity index (χ1n) is 10.4. The monoisotopic (exact) mass is 468 g/mol. The van der Waals surface area contributed by atoms with Gasteiger partial charge < -0.3 is 15.2 Å². The van der Waals surface area contributed by atoms with Gasteiger partial charge in [-0.2, -0.15) is 13.2 Å². The molecule has 0 aromatic heterocycles. The van der Waals surface area contributed by atoms with Gasteiger partial charge in [-0.15, -0.1) is 0 Å². The van der Waals surface area contributed by atoms with Gasteiger partial charge in [-0.25, -0.2) is 0 Å². The number of aliphatic imine (C=N–C) groups is 1. The smallest absolute Gasteiger partial charge is 0.416 e. The van der Waals surface area contributed by atoms with Crippen LogP contribution in [0.5, 0.6) is 11.5 Å². The number of carbonyl (C=O) groups is 1. The van der Waals surface area contributed by atoms with E-state index in [1.165, 1.54) is 18.2 Å². The molecule has 3 aromatic rings. The number of allylic oxidation sites excluding steroid dienone is 2. The number of nitrogens with zero attached hydrogens (tertiary/aromatic N) is 1. The van der Waals surface area contributed by atoms with Crippen LogP contribution in [-0.2, 0) is 6.18 Å². The van der Waals surface area contributed by atoms with Gasteiger partial charge in [-0.1, -0.05) is 24.8 Å². The average molecular weight is 468 g/mol. The maximum atomic E-state index is 12.9. The first-order valence-corrected chi connectivity index (χ1v) is 10.4. The number of hydrogen-bond donors (Lipinski definition) is 2. The lowest BCUT2D eigenvalue weighted by Gasteiger charge is -2.18. The molecule has 0 saturated heterocycles. The molecule has 8 heteroatoms. The molecule has 3 aromatic carbocycles. The SMILES string of the molecule is C=C/C=C(\N=C)C(CCO)NC(=O)c1ccc2c(Oc3ccc(C(F)(F)F)cc3)cccc2c1. The van der Waals surface area contributed by atoms with Crippen LogP contribution >= 0.6 is 0 Å². The van der Waals surface area contributed by atoms with Crippen molar-refractivity contribution in [3.8, 4) is 11.5 Å². The number of amides is 1. The number of halogens is 3. The molecular formula is C26H23F3N2O3. The van der Waals surface area contributed by atoms with E-state index in [-0.39, 0.29) is 24.7 Å². The van der Waals surface area contributed by atoms with Crippen LogP contribution in [0.25, 0.3) is 10.8 Å². The van der Waals surface area contributed by atoms with Gasteiger partial charge in [0.15, 0.2) is 0 Å². The second-order valence-corrected chi connectivity index (χ2v) is 7.34. The Kier molecular flexibility index (Phi) is 7.86. The third kappa shape index (κ3) is 5.90. The molecule has 0 aliphatic heterocycles. The number of carbonyl (C=O) groups excluding carboxylic acids is 1. The van der Waals surface area contributed by atoms with Crippen LogP contribution in [0.3, 0.4) is 0 Å². The molecule has 1 amide bonds. The van der Waals surface area contributed by atoms with Gasteiger partial charge in [-0.3, -0.25) is 9.79 Å². The van der Waals surface area contributed by atoms with Crippen LogP contribution in [-0.4, -0.2) is 30.4 Å². The number of ether oxygens (including phenoxy) is 1. The molecule has 5 nitrogen and oxygen atoms in total.